The average molecular weight is 456 g/mol. The van der Waals surface area contributed by atoms with Crippen molar-refractivity contribution in [3.63, 3.8) is 0 Å². The molecule has 0 saturated carbocycles. The van der Waals surface area contributed by atoms with E-state index < -0.39 is 5.91 Å². The molecule has 0 unspecified atom stereocenters. The van der Waals surface area contributed by atoms with Crippen molar-refractivity contribution in [1.29, 1.82) is 0 Å². The Morgan fingerprint density at radius 1 is 1.24 bits per heavy atom. The maximum atomic E-state index is 11.6. The van der Waals surface area contributed by atoms with Gasteiger partial charge in [0.2, 0.25) is 5.91 Å². The van der Waals surface area contributed by atoms with E-state index >= 15 is 0 Å². The minimum Gasteiger partial charge on any atom is -0.497 e. The lowest BCUT2D eigenvalue weighted by molar-refractivity contribution is -0.124. The minimum absolute atomic E-state index is 0.0764. The first-order chi connectivity index (χ1) is 15.9. The average Bonchev–Trinajstić information content (AvgIpc) is 3.51. The van der Waals surface area contributed by atoms with Gasteiger partial charge >= 0.3 is 0 Å². The van der Waals surface area contributed by atoms with E-state index in [0.29, 0.717) is 17.1 Å². The summed E-state index contributed by atoms with van der Waals surface area (Å²) in [4.78, 5) is 24.3. The van der Waals surface area contributed by atoms with Crippen LogP contribution in [0, 0.1) is 11.8 Å². The predicted octanol–water partition coefficient (Wildman–Crippen LogP) is 1.12. The Kier molecular flexibility index (Phi) is 9.80. The molecule has 1 aromatic carbocycles. The Morgan fingerprint density at radius 3 is 2.39 bits per heavy atom. The summed E-state index contributed by atoms with van der Waals surface area (Å²) < 4.78 is 10.4. The number of anilines is 1. The van der Waals surface area contributed by atoms with Crippen LogP contribution < -0.4 is 20.5 Å². The van der Waals surface area contributed by atoms with Crippen molar-refractivity contribution in [3.8, 4) is 23.3 Å². The molecule has 10 heteroatoms. The number of primary amides is 1. The molecule has 3 rings (SSSR count). The van der Waals surface area contributed by atoms with Gasteiger partial charge < -0.3 is 30.5 Å². The van der Waals surface area contributed by atoms with Crippen LogP contribution in [-0.4, -0.2) is 72.5 Å². The molecule has 176 valence electrons. The molecular formula is C23H29N5O5. The molecule has 0 aliphatic carbocycles. The highest BCUT2D eigenvalue weighted by Crippen LogP contribution is 2.22. The highest BCUT2D eigenvalue weighted by Gasteiger charge is 2.17. The third kappa shape index (κ3) is 7.29. The van der Waals surface area contributed by atoms with Gasteiger partial charge in [0.05, 0.1) is 20.8 Å². The van der Waals surface area contributed by atoms with Crippen LogP contribution in [0.4, 0.5) is 5.82 Å². The number of benzene rings is 1. The molecule has 2 aromatic rings. The van der Waals surface area contributed by atoms with Crippen LogP contribution >= 0.6 is 0 Å². The number of aromatic amines is 1. The number of hydrogen-bond acceptors (Lipinski definition) is 7. The highest BCUT2D eigenvalue weighted by molar-refractivity contribution is 5.99. The number of aromatic nitrogens is 2. The number of ether oxygens (including phenoxy) is 2. The lowest BCUT2D eigenvalue weighted by Crippen LogP contribution is -2.25. The highest BCUT2D eigenvalue weighted by atomic mass is 16.5. The molecule has 5 N–H and O–H groups in total. The van der Waals surface area contributed by atoms with Crippen molar-refractivity contribution in [3.05, 3.63) is 47.7 Å². The van der Waals surface area contributed by atoms with Crippen LogP contribution in [0.2, 0.25) is 0 Å². The van der Waals surface area contributed by atoms with Crippen LogP contribution in [0.15, 0.2) is 30.9 Å². The lowest BCUT2D eigenvalue weighted by atomic mass is 10.1. The molecule has 0 bridgehead atoms. The molecule has 0 spiro atoms. The normalized spacial score (nSPS) is 12.0. The molecule has 1 aromatic heterocycles. The Bertz CT molecular complexity index is 1010. The number of hydrogen-bond donors (Lipinski definition) is 4. The number of carbonyl (C=O) groups is 2. The van der Waals surface area contributed by atoms with Crippen molar-refractivity contribution in [2.24, 2.45) is 5.73 Å². The first kappa shape index (κ1) is 25.3. The standard InChI is InChI=1S/C16H18N4O4.C7H11NO/c1-23-11-7-10(8-12(9-11)24-2)3-4-13-14(15(17)22)16(20-19-13)18-5-6-21;1-2-7(9)8-5-3-4-6-8/h7-9,21H,5-6H2,1-2H3,(H2,17,22)(H2,18,19,20);2H,1,3-6H2. The Hall–Kier alpha value is -3.97. The van der Waals surface area contributed by atoms with E-state index in [0.717, 1.165) is 25.9 Å². The van der Waals surface area contributed by atoms with Crippen LogP contribution in [-0.2, 0) is 4.79 Å². The van der Waals surface area contributed by atoms with Gasteiger partial charge in [-0.25, -0.2) is 0 Å². The van der Waals surface area contributed by atoms with Crippen LogP contribution in [0.1, 0.15) is 34.5 Å². The molecular weight excluding hydrogens is 426 g/mol. The molecule has 10 nitrogen and oxygen atoms in total. The fraction of sp³-hybridized carbons (Fsp3) is 0.348. The van der Waals surface area contributed by atoms with Crippen molar-refractivity contribution in [2.45, 2.75) is 12.8 Å². The van der Waals surface area contributed by atoms with Crippen molar-refractivity contribution in [2.75, 3.05) is 45.8 Å². The summed E-state index contributed by atoms with van der Waals surface area (Å²) in [5.74, 6) is 6.60. The summed E-state index contributed by atoms with van der Waals surface area (Å²) >= 11 is 0. The zero-order valence-corrected chi connectivity index (χ0v) is 18.8. The Balaban J connectivity index is 0.000000357. The van der Waals surface area contributed by atoms with Crippen molar-refractivity contribution in [1.82, 2.24) is 15.1 Å². The molecule has 1 aliphatic rings. The topological polar surface area (TPSA) is 143 Å². The SMILES string of the molecule is C=CC(=O)N1CCCC1.COc1cc(C#Cc2[nH]nc(NCCO)c2C(N)=O)cc(OC)c1. The Labute approximate surface area is 192 Å². The number of aliphatic hydroxyl groups excluding tert-OH is 1. The number of methoxy groups -OCH3 is 2. The van der Waals surface area contributed by atoms with Crippen LogP contribution in [0.3, 0.4) is 0 Å². The minimum atomic E-state index is -0.670. The molecule has 2 amide bonds. The second kappa shape index (κ2) is 12.8. The third-order valence-electron chi connectivity index (χ3n) is 4.69. The van der Waals surface area contributed by atoms with Gasteiger partial charge in [-0.05, 0) is 37.0 Å². The number of rotatable bonds is 7. The first-order valence-electron chi connectivity index (χ1n) is 10.3. The van der Waals surface area contributed by atoms with E-state index in [1.54, 1.807) is 32.4 Å². The predicted molar refractivity (Wildman–Crippen MR) is 124 cm³/mol. The molecule has 0 atom stereocenters. The maximum Gasteiger partial charge on any atom is 0.255 e. The third-order valence-corrected chi connectivity index (χ3v) is 4.69. The number of H-pyrrole nitrogens is 1. The van der Waals surface area contributed by atoms with Gasteiger partial charge in [0, 0.05) is 31.3 Å². The monoisotopic (exact) mass is 455 g/mol. The van der Waals surface area contributed by atoms with Gasteiger partial charge in [0.15, 0.2) is 5.82 Å². The molecule has 33 heavy (non-hydrogen) atoms. The summed E-state index contributed by atoms with van der Waals surface area (Å²) in [5.41, 5.74) is 6.45. The van der Waals surface area contributed by atoms with Gasteiger partial charge in [0.25, 0.3) is 5.91 Å². The van der Waals surface area contributed by atoms with Crippen LogP contribution in [0.25, 0.3) is 0 Å². The second-order valence-corrected chi connectivity index (χ2v) is 6.92. The summed E-state index contributed by atoms with van der Waals surface area (Å²) in [6.45, 7) is 5.40. The van der Waals surface area contributed by atoms with Crippen molar-refractivity contribution < 1.29 is 24.2 Å². The molecule has 1 aliphatic heterocycles. The summed E-state index contributed by atoms with van der Waals surface area (Å²) in [5, 5.41) is 18.3. The van der Waals surface area contributed by atoms with Gasteiger partial charge in [-0.2, -0.15) is 5.10 Å². The number of nitrogens with two attached hydrogens (primary N) is 1. The van der Waals surface area contributed by atoms with E-state index in [-0.39, 0.29) is 36.1 Å². The fourth-order valence-corrected chi connectivity index (χ4v) is 3.06. The van der Waals surface area contributed by atoms with E-state index in [2.05, 4.69) is 33.9 Å². The summed E-state index contributed by atoms with van der Waals surface area (Å²) in [6, 6.07) is 5.20. The van der Waals surface area contributed by atoms with Crippen LogP contribution in [0.5, 0.6) is 11.5 Å². The van der Waals surface area contributed by atoms with E-state index in [1.807, 2.05) is 4.90 Å². The van der Waals surface area contributed by atoms with Gasteiger partial charge in [-0.3, -0.25) is 14.7 Å². The number of aliphatic hydroxyl groups is 1. The second-order valence-electron chi connectivity index (χ2n) is 6.92. The van der Waals surface area contributed by atoms with Crippen molar-refractivity contribution >= 4 is 17.6 Å². The molecule has 0 radical (unpaired) electrons. The summed E-state index contributed by atoms with van der Waals surface area (Å²) in [6.07, 6.45) is 3.68. The number of amides is 2. The quantitative estimate of drug-likeness (QED) is 0.362. The Morgan fingerprint density at radius 2 is 1.88 bits per heavy atom. The number of likely N-dealkylation sites (tertiary alicyclic amines) is 1. The van der Waals surface area contributed by atoms with Gasteiger partial charge in [-0.1, -0.05) is 12.5 Å². The molecule has 1 saturated heterocycles. The largest absolute Gasteiger partial charge is 0.497 e. The zero-order valence-electron chi connectivity index (χ0n) is 18.8. The number of nitrogens with one attached hydrogen (secondary N) is 2. The van der Waals surface area contributed by atoms with E-state index in [9.17, 15) is 9.59 Å². The number of nitrogens with zero attached hydrogens (tertiary/aromatic N) is 2. The maximum absolute atomic E-state index is 11.6. The first-order valence-corrected chi connectivity index (χ1v) is 10.3. The van der Waals surface area contributed by atoms with E-state index in [4.69, 9.17) is 20.3 Å². The smallest absolute Gasteiger partial charge is 0.255 e. The lowest BCUT2D eigenvalue weighted by Gasteiger charge is -2.10. The van der Waals surface area contributed by atoms with E-state index in [1.165, 1.54) is 6.08 Å². The molecule has 1 fully saturated rings. The molecule has 2 heterocycles. The zero-order chi connectivity index (χ0) is 24.2. The van der Waals surface area contributed by atoms with Gasteiger partial charge in [-0.15, -0.1) is 0 Å². The van der Waals surface area contributed by atoms with Gasteiger partial charge in [0.1, 0.15) is 22.8 Å². The fourth-order valence-electron chi connectivity index (χ4n) is 3.06. The summed E-state index contributed by atoms with van der Waals surface area (Å²) in [7, 11) is 3.09. The number of carbonyl (C=O) groups excluding carboxylic acids is 2.